The van der Waals surface area contributed by atoms with Crippen molar-refractivity contribution >= 4 is 17.3 Å². The smallest absolute Gasteiger partial charge is 0.270 e. The second kappa shape index (κ2) is 6.46. The SMILES string of the molecule is CCNc1ccc([N+](=O)[O-])cc1C(=O)NCc1ncn[nH]1. The van der Waals surface area contributed by atoms with Crippen molar-refractivity contribution in [3.05, 3.63) is 46.0 Å². The maximum absolute atomic E-state index is 12.2. The Balaban J connectivity index is 2.20. The first-order valence-corrected chi connectivity index (χ1v) is 6.26. The molecule has 0 saturated heterocycles. The topological polar surface area (TPSA) is 126 Å². The zero-order valence-corrected chi connectivity index (χ0v) is 11.3. The van der Waals surface area contributed by atoms with Crippen LogP contribution in [0.25, 0.3) is 0 Å². The van der Waals surface area contributed by atoms with Gasteiger partial charge in [-0.2, -0.15) is 5.10 Å². The third-order valence-corrected chi connectivity index (χ3v) is 2.71. The van der Waals surface area contributed by atoms with Crippen LogP contribution in [0.2, 0.25) is 0 Å². The molecule has 0 saturated carbocycles. The Hall–Kier alpha value is -2.97. The second-order valence-electron chi connectivity index (χ2n) is 4.13. The maximum atomic E-state index is 12.2. The molecule has 1 aromatic heterocycles. The first-order valence-electron chi connectivity index (χ1n) is 6.26. The Morgan fingerprint density at radius 1 is 1.48 bits per heavy atom. The number of rotatable bonds is 6. The minimum atomic E-state index is -0.539. The van der Waals surface area contributed by atoms with Gasteiger partial charge in [-0.3, -0.25) is 20.0 Å². The van der Waals surface area contributed by atoms with Crippen LogP contribution < -0.4 is 10.6 Å². The van der Waals surface area contributed by atoms with E-state index in [0.717, 1.165) is 0 Å². The molecule has 1 aromatic carbocycles. The van der Waals surface area contributed by atoms with Crippen molar-refractivity contribution in [2.45, 2.75) is 13.5 Å². The van der Waals surface area contributed by atoms with Crippen LogP contribution in [0, 0.1) is 10.1 Å². The number of amides is 1. The summed E-state index contributed by atoms with van der Waals surface area (Å²) in [5.41, 5.74) is 0.616. The number of nitrogens with zero attached hydrogens (tertiary/aromatic N) is 3. The van der Waals surface area contributed by atoms with Gasteiger partial charge < -0.3 is 10.6 Å². The number of hydrogen-bond acceptors (Lipinski definition) is 6. The minimum absolute atomic E-state index is 0.138. The van der Waals surface area contributed by atoms with Crippen LogP contribution in [0.15, 0.2) is 24.5 Å². The van der Waals surface area contributed by atoms with E-state index in [1.807, 2.05) is 6.92 Å². The summed E-state index contributed by atoms with van der Waals surface area (Å²) in [6.07, 6.45) is 1.33. The summed E-state index contributed by atoms with van der Waals surface area (Å²) in [5, 5.41) is 22.7. The lowest BCUT2D eigenvalue weighted by Crippen LogP contribution is -2.24. The molecule has 1 amide bonds. The Bertz CT molecular complexity index is 640. The summed E-state index contributed by atoms with van der Waals surface area (Å²) in [6, 6.07) is 4.12. The summed E-state index contributed by atoms with van der Waals surface area (Å²) >= 11 is 0. The molecule has 3 N–H and O–H groups in total. The second-order valence-corrected chi connectivity index (χ2v) is 4.13. The molecule has 0 aliphatic rings. The number of hydrogen-bond donors (Lipinski definition) is 3. The quantitative estimate of drug-likeness (QED) is 0.539. The lowest BCUT2D eigenvalue weighted by atomic mass is 10.1. The van der Waals surface area contributed by atoms with Crippen LogP contribution in [-0.2, 0) is 6.54 Å². The van der Waals surface area contributed by atoms with E-state index in [9.17, 15) is 14.9 Å². The Labute approximate surface area is 119 Å². The van der Waals surface area contributed by atoms with Crippen LogP contribution in [0.5, 0.6) is 0 Å². The Morgan fingerprint density at radius 2 is 2.29 bits per heavy atom. The first-order chi connectivity index (χ1) is 10.1. The third kappa shape index (κ3) is 3.53. The van der Waals surface area contributed by atoms with Crippen molar-refractivity contribution in [3.63, 3.8) is 0 Å². The van der Waals surface area contributed by atoms with Gasteiger partial charge in [0.2, 0.25) is 0 Å². The number of aromatic amines is 1. The molecule has 0 radical (unpaired) electrons. The van der Waals surface area contributed by atoms with Gasteiger partial charge in [-0.15, -0.1) is 0 Å². The molecule has 9 nitrogen and oxygen atoms in total. The Morgan fingerprint density at radius 3 is 2.90 bits per heavy atom. The van der Waals surface area contributed by atoms with E-state index >= 15 is 0 Å². The molecule has 0 aliphatic carbocycles. The number of carbonyl (C=O) groups is 1. The molecule has 110 valence electrons. The van der Waals surface area contributed by atoms with Crippen molar-refractivity contribution < 1.29 is 9.72 Å². The molecule has 0 bridgehead atoms. The number of anilines is 1. The highest BCUT2D eigenvalue weighted by atomic mass is 16.6. The predicted octanol–water partition coefficient (Wildman–Crippen LogP) is 1.07. The van der Waals surface area contributed by atoms with Crippen LogP contribution >= 0.6 is 0 Å². The summed E-state index contributed by atoms with van der Waals surface area (Å²) in [4.78, 5) is 26.3. The minimum Gasteiger partial charge on any atom is -0.385 e. The molecule has 9 heteroatoms. The first kappa shape index (κ1) is 14.4. The standard InChI is InChI=1S/C12H14N6O3/c1-2-13-10-4-3-8(18(20)21)5-9(10)12(19)14-6-11-15-7-16-17-11/h3-5,7,13H,2,6H2,1H3,(H,14,19)(H,15,16,17). The van der Waals surface area contributed by atoms with Gasteiger partial charge in [-0.05, 0) is 13.0 Å². The molecule has 0 atom stereocenters. The molecule has 21 heavy (non-hydrogen) atoms. The highest BCUT2D eigenvalue weighted by molar-refractivity contribution is 6.00. The van der Waals surface area contributed by atoms with E-state index < -0.39 is 10.8 Å². The van der Waals surface area contributed by atoms with E-state index in [4.69, 9.17) is 0 Å². The van der Waals surface area contributed by atoms with Crippen molar-refractivity contribution in [1.82, 2.24) is 20.5 Å². The van der Waals surface area contributed by atoms with Crippen molar-refractivity contribution in [2.75, 3.05) is 11.9 Å². The fourth-order valence-electron chi connectivity index (χ4n) is 1.75. The summed E-state index contributed by atoms with van der Waals surface area (Å²) in [6.45, 7) is 2.63. The summed E-state index contributed by atoms with van der Waals surface area (Å²) < 4.78 is 0. The van der Waals surface area contributed by atoms with Gasteiger partial charge in [0.25, 0.3) is 11.6 Å². The highest BCUT2D eigenvalue weighted by Crippen LogP contribution is 2.22. The number of nitro groups is 1. The average Bonchev–Trinajstić information content (AvgIpc) is 2.98. The van der Waals surface area contributed by atoms with Gasteiger partial charge in [0.1, 0.15) is 12.2 Å². The van der Waals surface area contributed by atoms with E-state index in [1.165, 1.54) is 24.5 Å². The van der Waals surface area contributed by atoms with Crippen LogP contribution in [0.1, 0.15) is 23.1 Å². The lowest BCUT2D eigenvalue weighted by Gasteiger charge is -2.10. The monoisotopic (exact) mass is 290 g/mol. The van der Waals surface area contributed by atoms with Crippen molar-refractivity contribution in [1.29, 1.82) is 0 Å². The van der Waals surface area contributed by atoms with E-state index in [2.05, 4.69) is 25.8 Å². The summed E-state index contributed by atoms with van der Waals surface area (Å²) in [5.74, 6) is 0.0739. The molecule has 0 spiro atoms. The molecule has 2 rings (SSSR count). The number of non-ortho nitro benzene ring substituents is 1. The maximum Gasteiger partial charge on any atom is 0.270 e. The molecule has 2 aromatic rings. The molecule has 0 unspecified atom stereocenters. The van der Waals surface area contributed by atoms with Gasteiger partial charge in [0.05, 0.1) is 17.0 Å². The molecular weight excluding hydrogens is 276 g/mol. The van der Waals surface area contributed by atoms with Gasteiger partial charge >= 0.3 is 0 Å². The van der Waals surface area contributed by atoms with Crippen molar-refractivity contribution in [2.24, 2.45) is 0 Å². The number of carbonyl (C=O) groups excluding carboxylic acids is 1. The van der Waals surface area contributed by atoms with Crippen LogP contribution in [0.4, 0.5) is 11.4 Å². The number of nitro benzene ring substituents is 1. The van der Waals surface area contributed by atoms with E-state index in [-0.39, 0.29) is 17.8 Å². The van der Waals surface area contributed by atoms with Gasteiger partial charge in [0, 0.05) is 24.4 Å². The van der Waals surface area contributed by atoms with E-state index in [0.29, 0.717) is 18.1 Å². The van der Waals surface area contributed by atoms with Crippen LogP contribution in [0.3, 0.4) is 0 Å². The number of benzene rings is 1. The number of nitrogens with one attached hydrogen (secondary N) is 3. The van der Waals surface area contributed by atoms with Crippen LogP contribution in [-0.4, -0.2) is 32.6 Å². The highest BCUT2D eigenvalue weighted by Gasteiger charge is 2.16. The van der Waals surface area contributed by atoms with E-state index in [1.54, 1.807) is 0 Å². The number of H-pyrrole nitrogens is 1. The number of aromatic nitrogens is 3. The molecular formula is C12H14N6O3. The fraction of sp³-hybridized carbons (Fsp3) is 0.250. The third-order valence-electron chi connectivity index (χ3n) is 2.71. The largest absolute Gasteiger partial charge is 0.385 e. The molecule has 0 fully saturated rings. The van der Waals surface area contributed by atoms with Gasteiger partial charge in [-0.1, -0.05) is 0 Å². The normalized spacial score (nSPS) is 10.1. The van der Waals surface area contributed by atoms with Crippen molar-refractivity contribution in [3.8, 4) is 0 Å². The zero-order valence-electron chi connectivity index (χ0n) is 11.3. The molecule has 0 aliphatic heterocycles. The van der Waals surface area contributed by atoms with Gasteiger partial charge in [-0.25, -0.2) is 4.98 Å². The zero-order chi connectivity index (χ0) is 15.2. The fourth-order valence-corrected chi connectivity index (χ4v) is 1.75. The van der Waals surface area contributed by atoms with Gasteiger partial charge in [0.15, 0.2) is 0 Å². The summed E-state index contributed by atoms with van der Waals surface area (Å²) in [7, 11) is 0. The average molecular weight is 290 g/mol. The lowest BCUT2D eigenvalue weighted by molar-refractivity contribution is -0.384. The Kier molecular flexibility index (Phi) is 4.44. The predicted molar refractivity (Wildman–Crippen MR) is 74.8 cm³/mol. The molecule has 1 heterocycles.